The standard InChI is InChI=1S/C22H20F2N2O4S/c1-15(16-5-3-2-4-6-16)26-31(28,29)19-10-8-18(9-11-19)30-14-22(27)25-21-12-7-17(23)13-20(21)24/h2-13,15,26H,14H2,1H3,(H,25,27)/t15-/m0/s1. The van der Waals surface area contributed by atoms with E-state index in [4.69, 9.17) is 4.74 Å². The van der Waals surface area contributed by atoms with Crippen molar-refractivity contribution in [2.45, 2.75) is 17.9 Å². The van der Waals surface area contributed by atoms with E-state index in [0.29, 0.717) is 6.07 Å². The van der Waals surface area contributed by atoms with Gasteiger partial charge >= 0.3 is 0 Å². The smallest absolute Gasteiger partial charge is 0.262 e. The molecule has 0 heterocycles. The molecule has 0 aliphatic rings. The van der Waals surface area contributed by atoms with Gasteiger partial charge in [0.15, 0.2) is 6.61 Å². The van der Waals surface area contributed by atoms with Gasteiger partial charge in [-0.2, -0.15) is 0 Å². The highest BCUT2D eigenvalue weighted by atomic mass is 32.2. The van der Waals surface area contributed by atoms with Crippen LogP contribution in [0.3, 0.4) is 0 Å². The van der Waals surface area contributed by atoms with Crippen LogP contribution in [0.2, 0.25) is 0 Å². The van der Waals surface area contributed by atoms with Crippen molar-refractivity contribution >= 4 is 21.6 Å². The first-order valence-electron chi connectivity index (χ1n) is 9.29. The minimum absolute atomic E-state index is 0.0421. The van der Waals surface area contributed by atoms with E-state index in [-0.39, 0.29) is 16.3 Å². The quantitative estimate of drug-likeness (QED) is 0.547. The van der Waals surface area contributed by atoms with E-state index < -0.39 is 40.2 Å². The molecule has 6 nitrogen and oxygen atoms in total. The van der Waals surface area contributed by atoms with Gasteiger partial charge < -0.3 is 10.1 Å². The van der Waals surface area contributed by atoms with Gasteiger partial charge in [0, 0.05) is 12.1 Å². The van der Waals surface area contributed by atoms with Crippen molar-refractivity contribution < 1.29 is 26.7 Å². The molecule has 9 heteroatoms. The number of halogens is 2. The summed E-state index contributed by atoms with van der Waals surface area (Å²) in [6, 6.07) is 17.0. The molecule has 162 valence electrons. The van der Waals surface area contributed by atoms with E-state index in [1.54, 1.807) is 6.92 Å². The van der Waals surface area contributed by atoms with Gasteiger partial charge in [-0.05, 0) is 48.9 Å². The molecule has 0 aromatic heterocycles. The molecule has 3 rings (SSSR count). The van der Waals surface area contributed by atoms with E-state index in [1.165, 1.54) is 24.3 Å². The molecule has 0 unspecified atom stereocenters. The van der Waals surface area contributed by atoms with E-state index >= 15 is 0 Å². The number of carbonyl (C=O) groups is 1. The fourth-order valence-corrected chi connectivity index (χ4v) is 3.98. The Balaban J connectivity index is 1.57. The fraction of sp³-hybridized carbons (Fsp3) is 0.136. The highest BCUT2D eigenvalue weighted by Crippen LogP contribution is 2.20. The Morgan fingerprint density at radius 3 is 2.32 bits per heavy atom. The predicted molar refractivity (Wildman–Crippen MR) is 112 cm³/mol. The molecule has 3 aromatic carbocycles. The van der Waals surface area contributed by atoms with Crippen LogP contribution >= 0.6 is 0 Å². The second-order valence-corrected chi connectivity index (χ2v) is 8.40. The Morgan fingerprint density at radius 1 is 1.00 bits per heavy atom. The van der Waals surface area contributed by atoms with Gasteiger partial charge in [-0.3, -0.25) is 4.79 Å². The lowest BCUT2D eigenvalue weighted by molar-refractivity contribution is -0.118. The monoisotopic (exact) mass is 446 g/mol. The third-order valence-electron chi connectivity index (χ3n) is 4.34. The summed E-state index contributed by atoms with van der Waals surface area (Å²) < 4.78 is 59.5. The normalized spacial score (nSPS) is 12.2. The first kappa shape index (κ1) is 22.4. The van der Waals surface area contributed by atoms with Crippen molar-refractivity contribution in [1.82, 2.24) is 4.72 Å². The first-order valence-corrected chi connectivity index (χ1v) is 10.8. The molecule has 0 saturated heterocycles. The zero-order valence-corrected chi connectivity index (χ0v) is 17.3. The average Bonchev–Trinajstić information content (AvgIpc) is 2.75. The van der Waals surface area contributed by atoms with Crippen molar-refractivity contribution in [1.29, 1.82) is 0 Å². The summed E-state index contributed by atoms with van der Waals surface area (Å²) >= 11 is 0. The molecule has 3 aromatic rings. The highest BCUT2D eigenvalue weighted by Gasteiger charge is 2.18. The summed E-state index contributed by atoms with van der Waals surface area (Å²) in [5, 5.41) is 2.27. The molecule has 0 saturated carbocycles. The second kappa shape index (κ2) is 9.67. The van der Waals surface area contributed by atoms with Gasteiger partial charge in [0.2, 0.25) is 10.0 Å². The number of hydrogen-bond acceptors (Lipinski definition) is 4. The van der Waals surface area contributed by atoms with Crippen molar-refractivity contribution in [3.8, 4) is 5.75 Å². The minimum atomic E-state index is -3.76. The topological polar surface area (TPSA) is 84.5 Å². The Bertz CT molecular complexity index is 1150. The zero-order chi connectivity index (χ0) is 22.4. The van der Waals surface area contributed by atoms with E-state index in [9.17, 15) is 22.0 Å². The van der Waals surface area contributed by atoms with Crippen LogP contribution in [-0.4, -0.2) is 20.9 Å². The lowest BCUT2D eigenvalue weighted by Crippen LogP contribution is -2.26. The summed E-state index contributed by atoms with van der Waals surface area (Å²) in [5.74, 6) is -2.06. The van der Waals surface area contributed by atoms with Crippen molar-refractivity contribution in [2.24, 2.45) is 0 Å². The molecule has 1 amide bonds. The molecule has 0 spiro atoms. The van der Waals surface area contributed by atoms with Crippen LogP contribution < -0.4 is 14.8 Å². The third-order valence-corrected chi connectivity index (χ3v) is 5.90. The highest BCUT2D eigenvalue weighted by molar-refractivity contribution is 7.89. The summed E-state index contributed by atoms with van der Waals surface area (Å²) in [6.45, 7) is 1.30. The minimum Gasteiger partial charge on any atom is -0.484 e. The maximum atomic E-state index is 13.6. The maximum Gasteiger partial charge on any atom is 0.262 e. The first-order chi connectivity index (χ1) is 14.7. The van der Waals surface area contributed by atoms with Gasteiger partial charge in [0.25, 0.3) is 5.91 Å². The number of anilines is 1. The SMILES string of the molecule is C[C@H](NS(=O)(=O)c1ccc(OCC(=O)Nc2ccc(F)cc2F)cc1)c1ccccc1. The molecule has 0 aliphatic carbocycles. The number of nitrogens with one attached hydrogen (secondary N) is 2. The van der Waals surface area contributed by atoms with Gasteiger partial charge in [-0.1, -0.05) is 30.3 Å². The number of carbonyl (C=O) groups excluding carboxylic acids is 1. The molecule has 1 atom stereocenters. The summed E-state index contributed by atoms with van der Waals surface area (Å²) in [4.78, 5) is 11.9. The Labute approximate surface area is 178 Å². The van der Waals surface area contributed by atoms with Gasteiger partial charge in [-0.25, -0.2) is 21.9 Å². The molecular weight excluding hydrogens is 426 g/mol. The molecule has 0 fully saturated rings. The maximum absolute atomic E-state index is 13.6. The van der Waals surface area contributed by atoms with Gasteiger partial charge in [-0.15, -0.1) is 0 Å². The number of rotatable bonds is 8. The van der Waals surface area contributed by atoms with E-state index in [0.717, 1.165) is 17.7 Å². The Kier molecular flexibility index (Phi) is 6.98. The number of ether oxygens (including phenoxy) is 1. The molecule has 2 N–H and O–H groups in total. The van der Waals surface area contributed by atoms with E-state index in [1.807, 2.05) is 30.3 Å². The summed E-state index contributed by atoms with van der Waals surface area (Å²) in [5.41, 5.74) is 0.657. The summed E-state index contributed by atoms with van der Waals surface area (Å²) in [6.07, 6.45) is 0. The van der Waals surface area contributed by atoms with Crippen LogP contribution in [0.15, 0.2) is 77.7 Å². The van der Waals surface area contributed by atoms with Crippen LogP contribution in [-0.2, 0) is 14.8 Å². The largest absolute Gasteiger partial charge is 0.484 e. The van der Waals surface area contributed by atoms with Crippen molar-refractivity contribution in [2.75, 3.05) is 11.9 Å². The third kappa shape index (κ3) is 6.09. The molecular formula is C22H20F2N2O4S. The Morgan fingerprint density at radius 2 is 1.68 bits per heavy atom. The lowest BCUT2D eigenvalue weighted by atomic mass is 10.1. The zero-order valence-electron chi connectivity index (χ0n) is 16.5. The van der Waals surface area contributed by atoms with Crippen molar-refractivity contribution in [3.05, 3.63) is 90.0 Å². The van der Waals surface area contributed by atoms with Gasteiger partial charge in [0.1, 0.15) is 17.4 Å². The number of amides is 1. The molecule has 31 heavy (non-hydrogen) atoms. The molecule has 0 radical (unpaired) electrons. The molecule has 0 aliphatic heterocycles. The number of benzene rings is 3. The number of hydrogen-bond donors (Lipinski definition) is 2. The van der Waals surface area contributed by atoms with Gasteiger partial charge in [0.05, 0.1) is 10.6 Å². The van der Waals surface area contributed by atoms with Crippen LogP contribution in [0.4, 0.5) is 14.5 Å². The van der Waals surface area contributed by atoms with Crippen molar-refractivity contribution in [3.63, 3.8) is 0 Å². The van der Waals surface area contributed by atoms with Crippen LogP contribution in [0.5, 0.6) is 5.75 Å². The molecule has 0 bridgehead atoms. The average molecular weight is 446 g/mol. The van der Waals surface area contributed by atoms with Crippen LogP contribution in [0.25, 0.3) is 0 Å². The second-order valence-electron chi connectivity index (χ2n) is 6.69. The summed E-state index contributed by atoms with van der Waals surface area (Å²) in [7, 11) is -3.76. The Hall–Kier alpha value is -3.30. The van der Waals surface area contributed by atoms with Crippen LogP contribution in [0.1, 0.15) is 18.5 Å². The number of sulfonamides is 1. The lowest BCUT2D eigenvalue weighted by Gasteiger charge is -2.15. The van der Waals surface area contributed by atoms with Crippen LogP contribution in [0, 0.1) is 11.6 Å². The predicted octanol–water partition coefficient (Wildman–Crippen LogP) is 4.02. The van der Waals surface area contributed by atoms with E-state index in [2.05, 4.69) is 10.0 Å². The fourth-order valence-electron chi connectivity index (χ4n) is 2.75.